The van der Waals surface area contributed by atoms with Gasteiger partial charge >= 0.3 is 0 Å². The van der Waals surface area contributed by atoms with Crippen molar-refractivity contribution in [2.75, 3.05) is 26.2 Å². The topological polar surface area (TPSA) is 15.3 Å². The monoisotopic (exact) mass is 280 g/mol. The molecule has 1 aliphatic carbocycles. The number of hydrogen-bond acceptors (Lipinski definition) is 2. The van der Waals surface area contributed by atoms with Crippen molar-refractivity contribution >= 4 is 0 Å². The molecule has 0 radical (unpaired) electrons. The van der Waals surface area contributed by atoms with Gasteiger partial charge in [0.15, 0.2) is 0 Å². The van der Waals surface area contributed by atoms with Crippen LogP contribution in [-0.2, 0) is 0 Å². The van der Waals surface area contributed by atoms with Crippen molar-refractivity contribution in [2.45, 2.75) is 32.2 Å². The molecule has 2 aliphatic rings. The average Bonchev–Trinajstić information content (AvgIpc) is 3.27. The third-order valence-corrected chi connectivity index (χ3v) is 4.50. The van der Waals surface area contributed by atoms with Gasteiger partial charge in [-0.2, -0.15) is 0 Å². The molecule has 0 bridgehead atoms. The summed E-state index contributed by atoms with van der Waals surface area (Å²) in [5.74, 6) is -0.0966. The van der Waals surface area contributed by atoms with Gasteiger partial charge in [-0.15, -0.1) is 0 Å². The lowest BCUT2D eigenvalue weighted by Gasteiger charge is -2.35. The maximum atomic E-state index is 14.5. The van der Waals surface area contributed by atoms with Crippen LogP contribution >= 0.6 is 0 Å². The van der Waals surface area contributed by atoms with Crippen LogP contribution in [0.5, 0.6) is 0 Å². The van der Waals surface area contributed by atoms with Crippen molar-refractivity contribution in [3.05, 3.63) is 34.9 Å². The molecular formula is C16H22F2N2. The summed E-state index contributed by atoms with van der Waals surface area (Å²) < 4.78 is 28.7. The summed E-state index contributed by atoms with van der Waals surface area (Å²) in [5.41, 5.74) is 0.830. The number of piperazine rings is 1. The molecule has 1 aromatic rings. The second-order valence-corrected chi connectivity index (χ2v) is 6.07. The highest BCUT2D eigenvalue weighted by atomic mass is 19.1. The van der Waals surface area contributed by atoms with Crippen LogP contribution in [0.15, 0.2) is 12.1 Å². The Morgan fingerprint density at radius 3 is 2.60 bits per heavy atom. The summed E-state index contributed by atoms with van der Waals surface area (Å²) in [6.07, 6.45) is 3.30. The Kier molecular flexibility index (Phi) is 4.03. The van der Waals surface area contributed by atoms with E-state index in [1.165, 1.54) is 25.0 Å². The second-order valence-electron chi connectivity index (χ2n) is 6.07. The highest BCUT2D eigenvalue weighted by Crippen LogP contribution is 2.41. The van der Waals surface area contributed by atoms with Crippen LogP contribution in [-0.4, -0.2) is 31.1 Å². The van der Waals surface area contributed by atoms with Crippen LogP contribution in [0.3, 0.4) is 0 Å². The molecule has 110 valence electrons. The fourth-order valence-electron chi connectivity index (χ4n) is 3.10. The Morgan fingerprint density at radius 1 is 1.25 bits per heavy atom. The number of benzene rings is 1. The van der Waals surface area contributed by atoms with E-state index in [0.717, 1.165) is 32.6 Å². The number of hydrogen-bond donors (Lipinski definition) is 1. The molecule has 0 spiro atoms. The first-order chi connectivity index (χ1) is 9.66. The lowest BCUT2D eigenvalue weighted by Crippen LogP contribution is -2.45. The smallest absolute Gasteiger partial charge is 0.133 e. The lowest BCUT2D eigenvalue weighted by atomic mass is 9.96. The number of nitrogens with zero attached hydrogens (tertiary/aromatic N) is 1. The van der Waals surface area contributed by atoms with E-state index in [4.69, 9.17) is 0 Å². The molecular weight excluding hydrogens is 258 g/mol. The minimum absolute atomic E-state index is 0.107. The molecule has 1 atom stereocenters. The summed E-state index contributed by atoms with van der Waals surface area (Å²) >= 11 is 0. The van der Waals surface area contributed by atoms with E-state index in [0.29, 0.717) is 17.0 Å². The van der Waals surface area contributed by atoms with Crippen LogP contribution in [0.1, 0.15) is 36.4 Å². The van der Waals surface area contributed by atoms with Gasteiger partial charge < -0.3 is 5.32 Å². The van der Waals surface area contributed by atoms with Gasteiger partial charge in [-0.3, -0.25) is 4.90 Å². The van der Waals surface area contributed by atoms with Gasteiger partial charge in [0.2, 0.25) is 0 Å². The first-order valence-corrected chi connectivity index (χ1v) is 7.56. The fourth-order valence-corrected chi connectivity index (χ4v) is 3.10. The Bertz CT molecular complexity index is 480. The van der Waals surface area contributed by atoms with Gasteiger partial charge in [-0.1, -0.05) is 18.9 Å². The lowest BCUT2D eigenvalue weighted by molar-refractivity contribution is 0.154. The van der Waals surface area contributed by atoms with Gasteiger partial charge in [-0.05, 0) is 30.9 Å². The molecule has 0 amide bonds. The third kappa shape index (κ3) is 2.86. The van der Waals surface area contributed by atoms with Gasteiger partial charge in [0, 0.05) is 37.8 Å². The minimum Gasteiger partial charge on any atom is -0.314 e. The zero-order valence-corrected chi connectivity index (χ0v) is 12.0. The van der Waals surface area contributed by atoms with E-state index >= 15 is 0 Å². The highest BCUT2D eigenvalue weighted by molar-refractivity contribution is 5.29. The van der Waals surface area contributed by atoms with E-state index in [2.05, 4.69) is 10.2 Å². The van der Waals surface area contributed by atoms with Gasteiger partial charge in [0.05, 0.1) is 0 Å². The third-order valence-electron chi connectivity index (χ3n) is 4.50. The fraction of sp³-hybridized carbons (Fsp3) is 0.625. The van der Waals surface area contributed by atoms with Crippen LogP contribution < -0.4 is 5.32 Å². The molecule has 0 aromatic heterocycles. The van der Waals surface area contributed by atoms with Crippen molar-refractivity contribution in [2.24, 2.45) is 5.92 Å². The Balaban J connectivity index is 1.93. The number of halogens is 2. The molecule has 2 fully saturated rings. The van der Waals surface area contributed by atoms with Crippen molar-refractivity contribution < 1.29 is 8.78 Å². The van der Waals surface area contributed by atoms with E-state index in [1.54, 1.807) is 6.92 Å². The van der Waals surface area contributed by atoms with Crippen LogP contribution in [0.25, 0.3) is 0 Å². The Hall–Kier alpha value is -1.00. The Labute approximate surface area is 119 Å². The van der Waals surface area contributed by atoms with Crippen molar-refractivity contribution in [1.29, 1.82) is 0 Å². The SMILES string of the molecule is Cc1ccc(F)c([C@H](CC2CC2)N2CCNCC2)c1F. The molecule has 1 aliphatic heterocycles. The van der Waals surface area contributed by atoms with Crippen LogP contribution in [0.2, 0.25) is 0 Å². The second kappa shape index (κ2) is 5.78. The highest BCUT2D eigenvalue weighted by Gasteiger charge is 2.33. The maximum absolute atomic E-state index is 14.5. The quantitative estimate of drug-likeness (QED) is 0.912. The number of nitrogens with one attached hydrogen (secondary N) is 1. The summed E-state index contributed by atoms with van der Waals surface area (Å²) in [4.78, 5) is 2.25. The van der Waals surface area contributed by atoms with E-state index in [-0.39, 0.29) is 11.9 Å². The molecule has 1 aromatic carbocycles. The summed E-state index contributed by atoms with van der Waals surface area (Å²) in [5, 5.41) is 3.30. The summed E-state index contributed by atoms with van der Waals surface area (Å²) in [6.45, 7) is 5.24. The van der Waals surface area contributed by atoms with Crippen molar-refractivity contribution in [1.82, 2.24) is 10.2 Å². The molecule has 2 nitrogen and oxygen atoms in total. The normalized spacial score (nSPS) is 21.9. The standard InChI is InChI=1S/C16H22F2N2/c1-11-2-5-13(17)15(16(11)18)14(10-12-3-4-12)20-8-6-19-7-9-20/h2,5,12,14,19H,3-4,6-10H2,1H3/t14-/m0/s1. The molecule has 1 heterocycles. The molecule has 20 heavy (non-hydrogen) atoms. The molecule has 0 unspecified atom stereocenters. The largest absolute Gasteiger partial charge is 0.314 e. The summed E-state index contributed by atoms with van der Waals surface area (Å²) in [7, 11) is 0. The zero-order chi connectivity index (χ0) is 14.1. The van der Waals surface area contributed by atoms with Crippen LogP contribution in [0.4, 0.5) is 8.78 Å². The molecule has 3 rings (SSSR count). The molecule has 4 heteroatoms. The molecule has 1 N–H and O–H groups in total. The number of aryl methyl sites for hydroxylation is 1. The Morgan fingerprint density at radius 2 is 1.95 bits per heavy atom. The van der Waals surface area contributed by atoms with E-state index in [1.807, 2.05) is 0 Å². The van der Waals surface area contributed by atoms with Crippen LogP contribution in [0, 0.1) is 24.5 Å². The average molecular weight is 280 g/mol. The maximum Gasteiger partial charge on any atom is 0.133 e. The van der Waals surface area contributed by atoms with Gasteiger partial charge in [-0.25, -0.2) is 8.78 Å². The minimum atomic E-state index is -0.391. The number of rotatable bonds is 4. The molecule has 1 saturated carbocycles. The van der Waals surface area contributed by atoms with Gasteiger partial charge in [0.1, 0.15) is 11.6 Å². The van der Waals surface area contributed by atoms with Gasteiger partial charge in [0.25, 0.3) is 0 Å². The van der Waals surface area contributed by atoms with E-state index < -0.39 is 5.82 Å². The zero-order valence-electron chi connectivity index (χ0n) is 12.0. The van der Waals surface area contributed by atoms with Crippen molar-refractivity contribution in [3.8, 4) is 0 Å². The first kappa shape index (κ1) is 14.0. The molecule has 1 saturated heterocycles. The van der Waals surface area contributed by atoms with Crippen molar-refractivity contribution in [3.63, 3.8) is 0 Å². The van der Waals surface area contributed by atoms with E-state index in [9.17, 15) is 8.78 Å². The predicted octanol–water partition coefficient (Wildman–Crippen LogP) is 3.02. The summed E-state index contributed by atoms with van der Waals surface area (Å²) in [6, 6.07) is 2.83. The predicted molar refractivity (Wildman–Crippen MR) is 75.6 cm³/mol. The first-order valence-electron chi connectivity index (χ1n) is 7.56.